The summed E-state index contributed by atoms with van der Waals surface area (Å²) >= 11 is 3.73. The summed E-state index contributed by atoms with van der Waals surface area (Å²) in [6.45, 7) is 0.903. The molecule has 0 aromatic carbocycles. The summed E-state index contributed by atoms with van der Waals surface area (Å²) in [6.07, 6.45) is 0.359. The van der Waals surface area contributed by atoms with Gasteiger partial charge in [-0.15, -0.1) is 23.5 Å². The highest BCUT2D eigenvalue weighted by molar-refractivity contribution is 8.00. The Morgan fingerprint density at radius 2 is 2.30 bits per heavy atom. The van der Waals surface area contributed by atoms with Crippen molar-refractivity contribution in [1.82, 2.24) is 0 Å². The first-order valence-electron chi connectivity index (χ1n) is 3.39. The van der Waals surface area contributed by atoms with Gasteiger partial charge in [0.05, 0.1) is 12.5 Å². The molecule has 2 unspecified atom stereocenters. The van der Waals surface area contributed by atoms with Crippen LogP contribution in [-0.4, -0.2) is 35.6 Å². The van der Waals surface area contributed by atoms with E-state index in [1.54, 1.807) is 0 Å². The fourth-order valence-electron chi connectivity index (χ4n) is 1.10. The molecule has 0 aromatic rings. The molecule has 2 rings (SSSR count). The van der Waals surface area contributed by atoms with Gasteiger partial charge in [-0.3, -0.25) is 0 Å². The third-order valence-electron chi connectivity index (χ3n) is 1.60. The van der Waals surface area contributed by atoms with Gasteiger partial charge in [0, 0.05) is 11.5 Å². The van der Waals surface area contributed by atoms with Crippen molar-refractivity contribution < 1.29 is 9.47 Å². The first-order chi connectivity index (χ1) is 4.97. The minimum absolute atomic E-state index is 0.329. The lowest BCUT2D eigenvalue weighted by molar-refractivity contribution is 0.0177. The molecule has 2 nitrogen and oxygen atoms in total. The van der Waals surface area contributed by atoms with E-state index in [1.807, 2.05) is 23.5 Å². The molecule has 4 heteroatoms. The first-order valence-corrected chi connectivity index (χ1v) is 5.60. The molecule has 0 bridgehead atoms. The molecule has 0 aliphatic carbocycles. The monoisotopic (exact) mass is 178 g/mol. The van der Waals surface area contributed by atoms with Gasteiger partial charge in [0.1, 0.15) is 11.5 Å². The molecular weight excluding hydrogens is 168 g/mol. The Morgan fingerprint density at radius 3 is 2.90 bits per heavy atom. The Balaban J connectivity index is 1.85. The van der Waals surface area contributed by atoms with E-state index in [9.17, 15) is 0 Å². The zero-order valence-corrected chi connectivity index (χ0v) is 7.25. The van der Waals surface area contributed by atoms with Crippen LogP contribution in [-0.2, 0) is 9.47 Å². The average Bonchev–Trinajstić information content (AvgIpc) is 2.59. The van der Waals surface area contributed by atoms with Gasteiger partial charge in [-0.1, -0.05) is 0 Å². The standard InChI is InChI=1S/C6H10O2S2/c1-2-10-6(7-1)5-3-9-4-8-5/h5-6H,1-4H2. The van der Waals surface area contributed by atoms with Crippen molar-refractivity contribution in [2.24, 2.45) is 0 Å². The van der Waals surface area contributed by atoms with Crippen LogP contribution in [0.3, 0.4) is 0 Å². The number of hydrogen-bond acceptors (Lipinski definition) is 4. The predicted octanol–water partition coefficient (Wildman–Crippen LogP) is 1.17. The molecule has 2 saturated heterocycles. The summed E-state index contributed by atoms with van der Waals surface area (Å²) in [5.41, 5.74) is 0.329. The van der Waals surface area contributed by atoms with Crippen LogP contribution in [0.2, 0.25) is 0 Å². The van der Waals surface area contributed by atoms with Crippen LogP contribution in [0.5, 0.6) is 0 Å². The van der Waals surface area contributed by atoms with Gasteiger partial charge in [0.25, 0.3) is 0 Å². The topological polar surface area (TPSA) is 18.5 Å². The Labute approximate surface area is 69.0 Å². The zero-order chi connectivity index (χ0) is 6.81. The lowest BCUT2D eigenvalue weighted by Crippen LogP contribution is -2.24. The third-order valence-corrected chi connectivity index (χ3v) is 3.64. The Hall–Kier alpha value is 0.620. The molecule has 2 heterocycles. The summed E-state index contributed by atoms with van der Waals surface area (Å²) in [5, 5.41) is 0. The van der Waals surface area contributed by atoms with Crippen LogP contribution in [0.4, 0.5) is 0 Å². The largest absolute Gasteiger partial charge is 0.364 e. The van der Waals surface area contributed by atoms with Crippen molar-refractivity contribution >= 4 is 23.5 Å². The van der Waals surface area contributed by atoms with Crippen LogP contribution >= 0.6 is 23.5 Å². The van der Waals surface area contributed by atoms with Crippen LogP contribution in [0, 0.1) is 0 Å². The highest BCUT2D eigenvalue weighted by Gasteiger charge is 2.30. The second-order valence-corrected chi connectivity index (χ2v) is 4.49. The highest BCUT2D eigenvalue weighted by Crippen LogP contribution is 2.30. The lowest BCUT2D eigenvalue weighted by Gasteiger charge is -2.14. The summed E-state index contributed by atoms with van der Waals surface area (Å²) in [4.78, 5) is 0. The molecule has 0 aromatic heterocycles. The van der Waals surface area contributed by atoms with Crippen LogP contribution in [0.15, 0.2) is 0 Å². The second-order valence-electron chi connectivity index (χ2n) is 2.30. The van der Waals surface area contributed by atoms with E-state index in [-0.39, 0.29) is 0 Å². The minimum atomic E-state index is 0.329. The van der Waals surface area contributed by atoms with E-state index in [1.165, 1.54) is 0 Å². The summed E-state index contributed by atoms with van der Waals surface area (Å²) in [7, 11) is 0. The Bertz CT molecular complexity index is 94.3. The molecular formula is C6H10O2S2. The lowest BCUT2D eigenvalue weighted by atomic mass is 10.4. The maximum Gasteiger partial charge on any atom is 0.130 e. The van der Waals surface area contributed by atoms with Gasteiger partial charge in [0.2, 0.25) is 0 Å². The second kappa shape index (κ2) is 3.34. The van der Waals surface area contributed by atoms with Crippen molar-refractivity contribution in [2.45, 2.75) is 11.5 Å². The van der Waals surface area contributed by atoms with E-state index in [0.717, 1.165) is 24.1 Å². The molecule has 0 amide bonds. The van der Waals surface area contributed by atoms with Gasteiger partial charge in [-0.2, -0.15) is 0 Å². The van der Waals surface area contributed by atoms with Crippen LogP contribution < -0.4 is 0 Å². The number of thioether (sulfide) groups is 2. The van der Waals surface area contributed by atoms with Gasteiger partial charge in [0.15, 0.2) is 0 Å². The molecule has 10 heavy (non-hydrogen) atoms. The van der Waals surface area contributed by atoms with Crippen molar-refractivity contribution in [2.75, 3.05) is 24.1 Å². The smallest absolute Gasteiger partial charge is 0.130 e. The van der Waals surface area contributed by atoms with Crippen molar-refractivity contribution in [3.63, 3.8) is 0 Å². The molecule has 2 aliphatic rings. The maximum atomic E-state index is 5.46. The van der Waals surface area contributed by atoms with Gasteiger partial charge in [-0.25, -0.2) is 0 Å². The van der Waals surface area contributed by atoms with Crippen LogP contribution in [0.25, 0.3) is 0 Å². The highest BCUT2D eigenvalue weighted by atomic mass is 32.2. The molecule has 2 atom stereocenters. The molecule has 2 aliphatic heterocycles. The Kier molecular flexibility index (Phi) is 2.43. The predicted molar refractivity (Wildman–Crippen MR) is 44.4 cm³/mol. The van der Waals surface area contributed by atoms with Crippen molar-refractivity contribution in [1.29, 1.82) is 0 Å². The molecule has 0 spiro atoms. The molecule has 0 N–H and O–H groups in total. The summed E-state index contributed by atoms with van der Waals surface area (Å²) < 4.78 is 10.9. The number of hydrogen-bond donors (Lipinski definition) is 0. The summed E-state index contributed by atoms with van der Waals surface area (Å²) in [5.74, 6) is 3.10. The SMILES string of the molecule is C1CSC(C2CSCO2)O1. The molecule has 2 fully saturated rings. The quantitative estimate of drug-likeness (QED) is 0.599. The number of ether oxygens (including phenoxy) is 2. The van der Waals surface area contributed by atoms with Gasteiger partial charge >= 0.3 is 0 Å². The fraction of sp³-hybridized carbons (Fsp3) is 1.00. The molecule has 58 valence electrons. The molecule has 0 radical (unpaired) electrons. The first kappa shape index (κ1) is 7.28. The van der Waals surface area contributed by atoms with Crippen molar-refractivity contribution in [3.05, 3.63) is 0 Å². The maximum absolute atomic E-state index is 5.46. The van der Waals surface area contributed by atoms with Gasteiger partial charge < -0.3 is 9.47 Å². The van der Waals surface area contributed by atoms with E-state index < -0.39 is 0 Å². The molecule has 0 saturated carbocycles. The minimum Gasteiger partial charge on any atom is -0.364 e. The van der Waals surface area contributed by atoms with Crippen molar-refractivity contribution in [3.8, 4) is 0 Å². The van der Waals surface area contributed by atoms with Crippen LogP contribution in [0.1, 0.15) is 0 Å². The fourth-order valence-corrected chi connectivity index (χ4v) is 3.10. The zero-order valence-electron chi connectivity index (χ0n) is 5.62. The van der Waals surface area contributed by atoms with E-state index in [2.05, 4.69) is 0 Å². The van der Waals surface area contributed by atoms with Gasteiger partial charge in [-0.05, 0) is 0 Å². The average molecular weight is 178 g/mol. The van der Waals surface area contributed by atoms with E-state index >= 15 is 0 Å². The van der Waals surface area contributed by atoms with E-state index in [4.69, 9.17) is 9.47 Å². The van der Waals surface area contributed by atoms with E-state index in [0.29, 0.717) is 11.5 Å². The Morgan fingerprint density at radius 1 is 1.30 bits per heavy atom. The normalized spacial score (nSPS) is 40.8. The third kappa shape index (κ3) is 1.44. The summed E-state index contributed by atoms with van der Waals surface area (Å²) in [6, 6.07) is 0. The number of rotatable bonds is 1.